The molecule has 1 saturated carbocycles. The van der Waals surface area contributed by atoms with E-state index in [0.717, 1.165) is 53.4 Å². The van der Waals surface area contributed by atoms with E-state index in [4.69, 9.17) is 0 Å². The number of anilines is 1. The number of H-pyrrole nitrogens is 1. The van der Waals surface area contributed by atoms with Crippen LogP contribution in [0.3, 0.4) is 0 Å². The van der Waals surface area contributed by atoms with Gasteiger partial charge in [0.15, 0.2) is 0 Å². The van der Waals surface area contributed by atoms with Crippen LogP contribution in [0.4, 0.5) is 10.5 Å². The van der Waals surface area contributed by atoms with E-state index in [1.54, 1.807) is 29.2 Å². The molecule has 3 aliphatic rings. The Balaban J connectivity index is 1.24. The molecule has 1 aromatic heterocycles. The molecule has 0 radical (unpaired) electrons. The Morgan fingerprint density at radius 2 is 1.63 bits per heavy atom. The van der Waals surface area contributed by atoms with Gasteiger partial charge in [0.25, 0.3) is 11.8 Å². The smallest absolute Gasteiger partial charge is 0.332 e. The quantitative estimate of drug-likeness (QED) is 0.282. The molecule has 2 atom stereocenters. The van der Waals surface area contributed by atoms with Crippen LogP contribution in [0.2, 0.25) is 0 Å². The van der Waals surface area contributed by atoms with E-state index in [-0.39, 0.29) is 23.9 Å². The molecular formula is C34H34N4O3. The predicted molar refractivity (Wildman–Crippen MR) is 159 cm³/mol. The fraction of sp³-hybridized carbons (Fsp3) is 0.324. The summed E-state index contributed by atoms with van der Waals surface area (Å²) in [6.07, 6.45) is 4.75. The van der Waals surface area contributed by atoms with Gasteiger partial charge in [-0.2, -0.15) is 0 Å². The van der Waals surface area contributed by atoms with E-state index >= 15 is 0 Å². The Morgan fingerprint density at radius 3 is 2.34 bits per heavy atom. The van der Waals surface area contributed by atoms with Gasteiger partial charge >= 0.3 is 6.03 Å². The van der Waals surface area contributed by atoms with Crippen molar-refractivity contribution in [2.24, 2.45) is 0 Å². The van der Waals surface area contributed by atoms with E-state index in [9.17, 15) is 14.4 Å². The average Bonchev–Trinajstić information content (AvgIpc) is 3.69. The van der Waals surface area contributed by atoms with E-state index in [1.807, 2.05) is 18.2 Å². The molecule has 7 heteroatoms. The first-order chi connectivity index (χ1) is 19.9. The lowest BCUT2D eigenvalue weighted by molar-refractivity contribution is -0.120. The standard InChI is InChI=1S/C34H34N4O3/c1-20(2)21-11-13-22(14-12-21)31-30-27(26-9-5-6-10-28(26)36-30)19-29-33(40)37(34(41)38(29)31)25-17-15-23(16-18-25)32(39)35-24-7-3-4-8-24/h5-6,9-18,20,24,29,31,36H,3-4,7-8,19H2,1-2H3,(H,35,39)/t29-,31-/m0/s1. The normalized spacial score (nSPS) is 20.7. The van der Waals surface area contributed by atoms with Crippen molar-refractivity contribution < 1.29 is 14.4 Å². The molecule has 2 aliphatic heterocycles. The molecule has 2 fully saturated rings. The highest BCUT2D eigenvalue weighted by atomic mass is 16.2. The number of aromatic nitrogens is 1. The molecule has 7 rings (SSSR count). The number of carbonyl (C=O) groups is 3. The van der Waals surface area contributed by atoms with Crippen molar-refractivity contribution in [3.63, 3.8) is 0 Å². The van der Waals surface area contributed by atoms with Crippen molar-refractivity contribution in [1.82, 2.24) is 15.2 Å². The Morgan fingerprint density at radius 1 is 0.927 bits per heavy atom. The number of benzene rings is 3. The number of amides is 4. The molecule has 3 heterocycles. The highest BCUT2D eigenvalue weighted by Crippen LogP contribution is 2.45. The second-order valence-corrected chi connectivity index (χ2v) is 11.9. The molecule has 208 valence electrons. The van der Waals surface area contributed by atoms with Crippen molar-refractivity contribution >= 4 is 34.4 Å². The summed E-state index contributed by atoms with van der Waals surface area (Å²) in [5.74, 6) is 0.0357. The van der Waals surface area contributed by atoms with Gasteiger partial charge in [0.1, 0.15) is 12.1 Å². The zero-order valence-electron chi connectivity index (χ0n) is 23.4. The maximum atomic E-state index is 14.1. The summed E-state index contributed by atoms with van der Waals surface area (Å²) in [6.45, 7) is 4.32. The Hall–Kier alpha value is -4.39. The molecule has 41 heavy (non-hydrogen) atoms. The van der Waals surface area contributed by atoms with Gasteiger partial charge in [0.05, 0.1) is 5.69 Å². The third-order valence-corrected chi connectivity index (χ3v) is 9.05. The lowest BCUT2D eigenvalue weighted by Gasteiger charge is -2.36. The highest BCUT2D eigenvalue weighted by molar-refractivity contribution is 6.22. The first-order valence-electron chi connectivity index (χ1n) is 14.7. The Labute approximate surface area is 239 Å². The number of aromatic amines is 1. The highest BCUT2D eigenvalue weighted by Gasteiger charge is 2.53. The number of hydrogen-bond acceptors (Lipinski definition) is 3. The number of carbonyl (C=O) groups excluding carboxylic acids is 3. The van der Waals surface area contributed by atoms with E-state index in [1.165, 1.54) is 10.5 Å². The zero-order valence-corrected chi connectivity index (χ0v) is 23.4. The van der Waals surface area contributed by atoms with E-state index in [2.05, 4.69) is 54.5 Å². The van der Waals surface area contributed by atoms with Crippen molar-refractivity contribution in [2.45, 2.75) is 70.0 Å². The number of urea groups is 1. The SMILES string of the molecule is CC(C)c1ccc([C@H]2c3[nH]c4ccccc4c3C[C@H]3C(=O)N(c4ccc(C(=O)NC5CCCC5)cc4)C(=O)N23)cc1. The second-order valence-electron chi connectivity index (χ2n) is 11.9. The minimum Gasteiger partial charge on any atom is -0.356 e. The molecule has 0 unspecified atom stereocenters. The van der Waals surface area contributed by atoms with Crippen LogP contribution < -0.4 is 10.2 Å². The average molecular weight is 547 g/mol. The summed E-state index contributed by atoms with van der Waals surface area (Å²) < 4.78 is 0. The summed E-state index contributed by atoms with van der Waals surface area (Å²) in [6, 6.07) is 22.2. The lowest BCUT2D eigenvalue weighted by Crippen LogP contribution is -2.44. The topological polar surface area (TPSA) is 85.5 Å². The third kappa shape index (κ3) is 4.22. The number of imide groups is 1. The van der Waals surface area contributed by atoms with Gasteiger partial charge in [-0.05, 0) is 65.8 Å². The van der Waals surface area contributed by atoms with Crippen LogP contribution in [-0.4, -0.2) is 39.8 Å². The van der Waals surface area contributed by atoms with Gasteiger partial charge in [-0.1, -0.05) is 69.2 Å². The first kappa shape index (κ1) is 25.6. The van der Waals surface area contributed by atoms with Crippen molar-refractivity contribution in [2.75, 3.05) is 4.90 Å². The van der Waals surface area contributed by atoms with Crippen LogP contribution in [-0.2, 0) is 11.2 Å². The van der Waals surface area contributed by atoms with Crippen LogP contribution >= 0.6 is 0 Å². The fourth-order valence-electron chi connectivity index (χ4n) is 6.82. The van der Waals surface area contributed by atoms with Gasteiger partial charge in [0, 0.05) is 34.6 Å². The first-order valence-corrected chi connectivity index (χ1v) is 14.7. The van der Waals surface area contributed by atoms with Gasteiger partial charge in [-0.15, -0.1) is 0 Å². The molecule has 4 amide bonds. The van der Waals surface area contributed by atoms with Crippen molar-refractivity contribution in [1.29, 1.82) is 0 Å². The molecule has 7 nitrogen and oxygen atoms in total. The summed E-state index contributed by atoms with van der Waals surface area (Å²) in [5, 5.41) is 4.19. The van der Waals surface area contributed by atoms with Crippen LogP contribution in [0.15, 0.2) is 72.8 Å². The number of fused-ring (bicyclic) bond motifs is 4. The molecule has 2 N–H and O–H groups in total. The fourth-order valence-corrected chi connectivity index (χ4v) is 6.82. The molecule has 4 aromatic rings. The minimum atomic E-state index is -0.616. The monoisotopic (exact) mass is 546 g/mol. The summed E-state index contributed by atoms with van der Waals surface area (Å²) in [7, 11) is 0. The molecular weight excluding hydrogens is 512 g/mol. The number of rotatable bonds is 5. The molecule has 0 spiro atoms. The van der Waals surface area contributed by atoms with Crippen LogP contribution in [0.25, 0.3) is 10.9 Å². The van der Waals surface area contributed by atoms with Gasteiger partial charge < -0.3 is 10.3 Å². The molecule has 1 aliphatic carbocycles. The van der Waals surface area contributed by atoms with Crippen molar-refractivity contribution in [3.05, 3.63) is 101 Å². The van der Waals surface area contributed by atoms with E-state index in [0.29, 0.717) is 23.6 Å². The Bertz CT molecular complexity index is 1650. The zero-order chi connectivity index (χ0) is 28.2. The summed E-state index contributed by atoms with van der Waals surface area (Å²) in [4.78, 5) is 47.5. The lowest BCUT2D eigenvalue weighted by atomic mass is 9.88. The van der Waals surface area contributed by atoms with Crippen LogP contribution in [0.5, 0.6) is 0 Å². The van der Waals surface area contributed by atoms with Gasteiger partial charge in [-0.3, -0.25) is 14.5 Å². The number of para-hydroxylation sites is 1. The maximum absolute atomic E-state index is 14.1. The van der Waals surface area contributed by atoms with Crippen LogP contribution in [0.1, 0.15) is 84.2 Å². The van der Waals surface area contributed by atoms with Crippen LogP contribution in [0, 0.1) is 0 Å². The van der Waals surface area contributed by atoms with Gasteiger partial charge in [-0.25, -0.2) is 9.69 Å². The predicted octanol–water partition coefficient (Wildman–Crippen LogP) is 6.45. The van der Waals surface area contributed by atoms with Gasteiger partial charge in [0.2, 0.25) is 0 Å². The minimum absolute atomic E-state index is 0.116. The third-order valence-electron chi connectivity index (χ3n) is 9.05. The number of hydrogen-bond donors (Lipinski definition) is 2. The largest absolute Gasteiger partial charge is 0.356 e. The van der Waals surface area contributed by atoms with Crippen molar-refractivity contribution in [3.8, 4) is 0 Å². The number of nitrogens with zero attached hydrogens (tertiary/aromatic N) is 2. The molecule has 1 saturated heterocycles. The molecule has 0 bridgehead atoms. The summed E-state index contributed by atoms with van der Waals surface area (Å²) >= 11 is 0. The maximum Gasteiger partial charge on any atom is 0.332 e. The number of nitrogens with one attached hydrogen (secondary N) is 2. The second kappa shape index (κ2) is 9.91. The van der Waals surface area contributed by atoms with E-state index < -0.39 is 12.1 Å². The Kier molecular flexibility index (Phi) is 6.18. The summed E-state index contributed by atoms with van der Waals surface area (Å²) in [5.41, 5.74) is 6.25. The molecule has 3 aromatic carbocycles.